The minimum atomic E-state index is -1.16. The highest BCUT2D eigenvalue weighted by Crippen LogP contribution is 2.63. The summed E-state index contributed by atoms with van der Waals surface area (Å²) in [6, 6.07) is 95.1. The number of fused-ring (bicyclic) bond motifs is 24. The third kappa shape index (κ3) is 6.81. The van der Waals surface area contributed by atoms with E-state index in [1.807, 2.05) is 49.1 Å². The Morgan fingerprint density at radius 2 is 0.611 bits per heavy atom. The van der Waals surface area contributed by atoms with Crippen molar-refractivity contribution in [1.82, 2.24) is 37.8 Å². The number of aromatic nitrogens is 8. The zero-order chi connectivity index (χ0) is 62.4. The van der Waals surface area contributed by atoms with Gasteiger partial charge >= 0.3 is 0 Å². The Kier molecular flexibility index (Phi) is 10.2. The van der Waals surface area contributed by atoms with Crippen molar-refractivity contribution < 1.29 is 4.74 Å². The van der Waals surface area contributed by atoms with Crippen LogP contribution in [0.15, 0.2) is 280 Å². The zero-order valence-electron chi connectivity index (χ0n) is 50.4. The number of nitrogens with zero attached hydrogens (tertiary/aromatic N) is 10. The normalized spacial score (nSPS) is 14.0. The van der Waals surface area contributed by atoms with E-state index in [4.69, 9.17) is 19.7 Å². The van der Waals surface area contributed by atoms with Gasteiger partial charge in [0.15, 0.2) is 0 Å². The summed E-state index contributed by atoms with van der Waals surface area (Å²) in [6.45, 7) is 0. The fraction of sp³-hybridized carbons (Fsp3) is 0.0119. The summed E-state index contributed by atoms with van der Waals surface area (Å²) < 4.78 is 19.2. The first kappa shape index (κ1) is 51.4. The van der Waals surface area contributed by atoms with Gasteiger partial charge in [-0.3, -0.25) is 15.0 Å². The van der Waals surface area contributed by atoms with Crippen LogP contribution in [0.5, 0.6) is 11.5 Å². The van der Waals surface area contributed by atoms with Crippen LogP contribution in [-0.2, 0) is 5.41 Å². The molecule has 1 aliphatic heterocycles. The Bertz CT molecular complexity index is 6650. The first-order chi connectivity index (χ1) is 47.0. The molecule has 8 aromatic heterocycles. The van der Waals surface area contributed by atoms with E-state index in [1.54, 1.807) is 0 Å². The highest BCUT2D eigenvalue weighted by molar-refractivity contribution is 6.14. The van der Waals surface area contributed by atoms with Crippen molar-refractivity contribution in [3.63, 3.8) is 0 Å². The van der Waals surface area contributed by atoms with Crippen LogP contribution in [0.3, 0.4) is 0 Å². The molecule has 1 aliphatic carbocycles. The van der Waals surface area contributed by atoms with Gasteiger partial charge in [-0.1, -0.05) is 109 Å². The number of hydrogen-bond acceptors (Lipinski definition) is 6. The number of pyridine rings is 3. The van der Waals surface area contributed by atoms with Crippen molar-refractivity contribution in [2.24, 2.45) is 0 Å². The van der Waals surface area contributed by atoms with Crippen molar-refractivity contribution in [3.05, 3.63) is 313 Å². The van der Waals surface area contributed by atoms with Crippen molar-refractivity contribution >= 4 is 109 Å². The van der Waals surface area contributed by atoms with Crippen LogP contribution in [0.25, 0.3) is 149 Å². The highest BCUT2D eigenvalue weighted by atomic mass is 16.5. The maximum absolute atomic E-state index is 10.3. The van der Waals surface area contributed by atoms with Gasteiger partial charge in [0.1, 0.15) is 11.5 Å². The first-order valence-electron chi connectivity index (χ1n) is 31.7. The van der Waals surface area contributed by atoms with Crippen LogP contribution in [0.4, 0.5) is 0 Å². The third-order valence-corrected chi connectivity index (χ3v) is 20.3. The standard InChI is InChI=1S/C84H46N10O/c85-44-49-25-30-76-63(37-49)59-16-4-10-22-73(59)90(76)51-27-32-78-65(39-51)61-18-6-11-23-74(61)91(78)52-28-33-80-66(40-52)84(67-41-53(29-34-81(67)95-80)92-70-19-7-3-15-58(70)62-35-36-87-48-79(62)92)68-42-54(93-71-20-8-1-13-56(71)57-14-2-9-21-72(57)93)46-88-82(68)83-69(84)43-55(47-89-83)94-75-24-12-5-17-60(75)64-38-50(45-86)26-31-77(64)94/h1-43,46-48H. The summed E-state index contributed by atoms with van der Waals surface area (Å²) in [4.78, 5) is 16.1. The number of ether oxygens (including phenoxy) is 1. The van der Waals surface area contributed by atoms with E-state index in [-0.39, 0.29) is 0 Å². The van der Waals surface area contributed by atoms with Gasteiger partial charge in [-0.05, 0) is 146 Å². The average Bonchev–Trinajstić information content (AvgIpc) is 1.56. The maximum Gasteiger partial charge on any atom is 0.132 e. The predicted molar refractivity (Wildman–Crippen MR) is 378 cm³/mol. The zero-order valence-corrected chi connectivity index (χ0v) is 50.4. The Hall–Kier alpha value is -13.4. The van der Waals surface area contributed by atoms with Crippen LogP contribution in [0, 0.1) is 22.7 Å². The van der Waals surface area contributed by atoms with Gasteiger partial charge in [-0.2, -0.15) is 10.5 Å². The number of hydrogen-bond donors (Lipinski definition) is 0. The molecule has 0 saturated heterocycles. The van der Waals surface area contributed by atoms with Gasteiger partial charge in [-0.25, -0.2) is 0 Å². The van der Waals surface area contributed by atoms with E-state index >= 15 is 0 Å². The third-order valence-electron chi connectivity index (χ3n) is 20.3. The Morgan fingerprint density at radius 1 is 0.284 bits per heavy atom. The van der Waals surface area contributed by atoms with Gasteiger partial charge in [-0.15, -0.1) is 0 Å². The largest absolute Gasteiger partial charge is 0.457 e. The SMILES string of the molecule is N#Cc1ccc2c(c1)c1ccccc1n2-c1cnc2c(c1)C1(c3cc(-n4c5ccccc5c5cc(-n6c7ccccc7c7cc(C#N)ccc76)ccc54)ccc3Oc3ccc(-n4c5ccccc5c5ccncc54)cc31)c1cc(-n3c4ccccc4c4ccccc43)cnc1-2. The molecule has 11 heteroatoms. The summed E-state index contributed by atoms with van der Waals surface area (Å²) in [6.07, 6.45) is 7.85. The molecule has 0 saturated carbocycles. The van der Waals surface area contributed by atoms with Gasteiger partial charge in [0.25, 0.3) is 0 Å². The summed E-state index contributed by atoms with van der Waals surface area (Å²) in [5.74, 6) is 1.41. The summed E-state index contributed by atoms with van der Waals surface area (Å²) >= 11 is 0. The fourth-order valence-corrected chi connectivity index (χ4v) is 16.5. The minimum Gasteiger partial charge on any atom is -0.457 e. The molecule has 0 amide bonds. The number of nitriles is 2. The maximum atomic E-state index is 10.3. The van der Waals surface area contributed by atoms with Crippen molar-refractivity contribution in [1.29, 1.82) is 10.5 Å². The molecule has 11 nitrogen and oxygen atoms in total. The second kappa shape index (κ2) is 18.9. The van der Waals surface area contributed by atoms with Crippen molar-refractivity contribution in [2.45, 2.75) is 5.41 Å². The molecular weight excluding hydrogens is 1160 g/mol. The van der Waals surface area contributed by atoms with E-state index < -0.39 is 5.41 Å². The molecule has 0 fully saturated rings. The molecule has 95 heavy (non-hydrogen) atoms. The Labute approximate surface area is 540 Å². The second-order valence-corrected chi connectivity index (χ2v) is 25.0. The lowest BCUT2D eigenvalue weighted by molar-refractivity contribution is 0.436. The molecule has 19 aromatic rings. The fourth-order valence-electron chi connectivity index (χ4n) is 16.5. The molecule has 21 rings (SSSR count). The summed E-state index contributed by atoms with van der Waals surface area (Å²) in [5.41, 5.74) is 20.3. The topological polar surface area (TPSA) is 120 Å². The van der Waals surface area contributed by atoms with E-state index in [0.29, 0.717) is 22.6 Å². The molecule has 0 radical (unpaired) electrons. The predicted octanol–water partition coefficient (Wildman–Crippen LogP) is 19.6. The van der Waals surface area contributed by atoms with E-state index in [9.17, 15) is 10.5 Å². The van der Waals surface area contributed by atoms with Crippen molar-refractivity contribution in [2.75, 3.05) is 0 Å². The Balaban J connectivity index is 0.878. The van der Waals surface area contributed by atoms with Crippen LogP contribution in [-0.4, -0.2) is 37.8 Å². The lowest BCUT2D eigenvalue weighted by Crippen LogP contribution is -2.33. The van der Waals surface area contributed by atoms with Crippen LogP contribution in [0.2, 0.25) is 0 Å². The van der Waals surface area contributed by atoms with Crippen LogP contribution in [0.1, 0.15) is 33.4 Å². The smallest absolute Gasteiger partial charge is 0.132 e. The molecule has 1 atom stereocenters. The summed E-state index contributed by atoms with van der Waals surface area (Å²) in [7, 11) is 0. The molecular formula is C84H46N10O. The lowest BCUT2D eigenvalue weighted by Gasteiger charge is -2.39. The number of para-hydroxylation sites is 6. The monoisotopic (exact) mass is 1210 g/mol. The minimum absolute atomic E-state index is 0.593. The van der Waals surface area contributed by atoms with E-state index in [2.05, 4.69) is 265 Å². The highest BCUT2D eigenvalue weighted by Gasteiger charge is 2.54. The molecule has 438 valence electrons. The molecule has 0 N–H and O–H groups in total. The average molecular weight is 1210 g/mol. The van der Waals surface area contributed by atoms with Gasteiger partial charge in [0, 0.05) is 99.4 Å². The Morgan fingerprint density at radius 3 is 1.04 bits per heavy atom. The van der Waals surface area contributed by atoms with Crippen molar-refractivity contribution in [3.8, 4) is 63.5 Å². The number of benzene rings is 11. The molecule has 11 aromatic carbocycles. The second-order valence-electron chi connectivity index (χ2n) is 25.0. The molecule has 2 aliphatic rings. The molecule has 1 unspecified atom stereocenters. The number of rotatable bonds is 5. The quantitative estimate of drug-likeness (QED) is 0.169. The van der Waals surface area contributed by atoms with E-state index in [1.165, 1.54) is 0 Å². The molecule has 0 bridgehead atoms. The summed E-state index contributed by atoms with van der Waals surface area (Å²) in [5, 5.41) is 31.2. The van der Waals surface area contributed by atoms with E-state index in [0.717, 1.165) is 171 Å². The van der Waals surface area contributed by atoms with Gasteiger partial charge < -0.3 is 27.6 Å². The molecule has 9 heterocycles. The van der Waals surface area contributed by atoms with Gasteiger partial charge in [0.05, 0.1) is 125 Å². The first-order valence-corrected chi connectivity index (χ1v) is 31.7. The molecule has 1 spiro atoms. The van der Waals surface area contributed by atoms with Gasteiger partial charge in [0.2, 0.25) is 0 Å². The van der Waals surface area contributed by atoms with Crippen LogP contribution < -0.4 is 4.74 Å². The van der Waals surface area contributed by atoms with Crippen LogP contribution >= 0.6 is 0 Å². The lowest BCUT2D eigenvalue weighted by atomic mass is 9.66.